The lowest BCUT2D eigenvalue weighted by atomic mass is 10.1. The van der Waals surface area contributed by atoms with Crippen molar-refractivity contribution in [1.82, 2.24) is 4.90 Å². The summed E-state index contributed by atoms with van der Waals surface area (Å²) in [5.74, 6) is -0.117. The Hall–Kier alpha value is -1.09. The van der Waals surface area contributed by atoms with E-state index in [1.807, 2.05) is 12.1 Å². The van der Waals surface area contributed by atoms with Crippen LogP contribution in [0.4, 0.5) is 10.1 Å². The summed E-state index contributed by atoms with van der Waals surface area (Å²) in [5.41, 5.74) is 0.734. The summed E-state index contributed by atoms with van der Waals surface area (Å²) in [6.45, 7) is 5.04. The second-order valence-electron chi connectivity index (χ2n) is 4.26. The first-order valence-corrected chi connectivity index (χ1v) is 5.38. The van der Waals surface area contributed by atoms with E-state index in [1.54, 1.807) is 6.07 Å². The van der Waals surface area contributed by atoms with Crippen molar-refractivity contribution in [3.63, 3.8) is 0 Å². The maximum absolute atomic E-state index is 13.6. The van der Waals surface area contributed by atoms with Gasteiger partial charge in [0.15, 0.2) is 0 Å². The highest BCUT2D eigenvalue weighted by Crippen LogP contribution is 2.22. The lowest BCUT2D eigenvalue weighted by Crippen LogP contribution is -2.50. The summed E-state index contributed by atoms with van der Waals surface area (Å²) in [5, 5.41) is 0. The molecule has 0 aromatic heterocycles. The van der Waals surface area contributed by atoms with Crippen LogP contribution in [0.25, 0.3) is 0 Å². The van der Waals surface area contributed by atoms with E-state index >= 15 is 0 Å². The Morgan fingerprint density at radius 3 is 2.67 bits per heavy atom. The molecule has 2 rings (SSSR count). The van der Waals surface area contributed by atoms with E-state index < -0.39 is 0 Å². The number of hydrogen-bond acceptors (Lipinski definition) is 2. The Kier molecular flexibility index (Phi) is 2.91. The van der Waals surface area contributed by atoms with E-state index in [9.17, 15) is 4.39 Å². The van der Waals surface area contributed by atoms with Gasteiger partial charge in [0.1, 0.15) is 5.82 Å². The molecule has 0 unspecified atom stereocenters. The average Bonchev–Trinajstić information content (AvgIpc) is 2.20. The van der Waals surface area contributed by atoms with E-state index in [-0.39, 0.29) is 5.82 Å². The van der Waals surface area contributed by atoms with Crippen LogP contribution in [0.3, 0.4) is 0 Å². The summed E-state index contributed by atoms with van der Waals surface area (Å²) in [7, 11) is 2.11. The number of hydrogen-bond donors (Lipinski definition) is 0. The summed E-state index contributed by atoms with van der Waals surface area (Å²) < 4.78 is 13.6. The van der Waals surface area contributed by atoms with Crippen molar-refractivity contribution < 1.29 is 4.39 Å². The maximum Gasteiger partial charge on any atom is 0.146 e. The molecule has 1 atom stereocenters. The normalized spacial score (nSPS) is 23.1. The van der Waals surface area contributed by atoms with E-state index in [0.29, 0.717) is 6.04 Å². The van der Waals surface area contributed by atoms with Gasteiger partial charge in [-0.3, -0.25) is 0 Å². The molecule has 0 radical (unpaired) electrons. The van der Waals surface area contributed by atoms with Crippen LogP contribution in [-0.2, 0) is 0 Å². The molecule has 1 aliphatic heterocycles. The Balaban J connectivity index is 2.20. The predicted octanol–water partition coefficient (Wildman–Crippen LogP) is 1.97. The van der Waals surface area contributed by atoms with E-state index in [0.717, 1.165) is 25.3 Å². The molecule has 82 valence electrons. The van der Waals surface area contributed by atoms with Crippen molar-refractivity contribution in [1.29, 1.82) is 0 Å². The molecule has 1 aromatic carbocycles. The molecule has 1 aliphatic rings. The van der Waals surface area contributed by atoms with Crippen LogP contribution >= 0.6 is 0 Å². The molecule has 3 heteroatoms. The number of piperazine rings is 1. The largest absolute Gasteiger partial charge is 0.364 e. The number of likely N-dealkylation sites (N-methyl/N-ethyl adjacent to an activating group) is 1. The lowest BCUT2D eigenvalue weighted by molar-refractivity contribution is 0.274. The number of anilines is 1. The van der Waals surface area contributed by atoms with Crippen molar-refractivity contribution >= 4 is 5.69 Å². The first-order chi connectivity index (χ1) is 7.18. The smallest absolute Gasteiger partial charge is 0.146 e. The van der Waals surface area contributed by atoms with Crippen LogP contribution < -0.4 is 4.90 Å². The van der Waals surface area contributed by atoms with Crippen molar-refractivity contribution in [3.8, 4) is 0 Å². The van der Waals surface area contributed by atoms with Crippen molar-refractivity contribution in [2.75, 3.05) is 31.6 Å². The van der Waals surface area contributed by atoms with Crippen molar-refractivity contribution in [2.24, 2.45) is 0 Å². The molecule has 1 aromatic rings. The highest BCUT2D eigenvalue weighted by atomic mass is 19.1. The van der Waals surface area contributed by atoms with Gasteiger partial charge in [-0.1, -0.05) is 12.1 Å². The number of para-hydroxylation sites is 1. The molecule has 2 nitrogen and oxygen atoms in total. The zero-order valence-corrected chi connectivity index (χ0v) is 9.28. The minimum Gasteiger partial charge on any atom is -0.364 e. The van der Waals surface area contributed by atoms with Gasteiger partial charge in [-0.25, -0.2) is 4.39 Å². The topological polar surface area (TPSA) is 6.48 Å². The molecule has 15 heavy (non-hydrogen) atoms. The monoisotopic (exact) mass is 208 g/mol. The van der Waals surface area contributed by atoms with Gasteiger partial charge in [0, 0.05) is 25.7 Å². The molecule has 0 saturated carbocycles. The fraction of sp³-hybridized carbons (Fsp3) is 0.500. The SMILES string of the molecule is C[C@H]1CN(C)CCN1c1ccccc1F. The number of nitrogens with zero attached hydrogens (tertiary/aromatic N) is 2. The quantitative estimate of drug-likeness (QED) is 0.696. The number of rotatable bonds is 1. The van der Waals surface area contributed by atoms with Crippen LogP contribution in [0.1, 0.15) is 6.92 Å². The summed E-state index contributed by atoms with van der Waals surface area (Å²) in [6.07, 6.45) is 0. The minimum atomic E-state index is -0.117. The third kappa shape index (κ3) is 2.12. The van der Waals surface area contributed by atoms with Gasteiger partial charge in [-0.2, -0.15) is 0 Å². The van der Waals surface area contributed by atoms with Crippen molar-refractivity contribution in [2.45, 2.75) is 13.0 Å². The fourth-order valence-electron chi connectivity index (χ4n) is 2.18. The van der Waals surface area contributed by atoms with Crippen LogP contribution in [0.5, 0.6) is 0 Å². The fourth-order valence-corrected chi connectivity index (χ4v) is 2.18. The van der Waals surface area contributed by atoms with Crippen LogP contribution in [0, 0.1) is 5.82 Å². The minimum absolute atomic E-state index is 0.117. The van der Waals surface area contributed by atoms with Gasteiger partial charge in [0.25, 0.3) is 0 Å². The maximum atomic E-state index is 13.6. The van der Waals surface area contributed by atoms with Crippen LogP contribution in [0.15, 0.2) is 24.3 Å². The second-order valence-corrected chi connectivity index (χ2v) is 4.26. The molecule has 0 aliphatic carbocycles. The third-order valence-electron chi connectivity index (χ3n) is 2.99. The molecule has 1 fully saturated rings. The Bertz CT molecular complexity index is 340. The van der Waals surface area contributed by atoms with E-state index in [1.165, 1.54) is 6.07 Å². The summed E-state index contributed by atoms with van der Waals surface area (Å²) >= 11 is 0. The Morgan fingerprint density at radius 1 is 1.27 bits per heavy atom. The van der Waals surface area contributed by atoms with Gasteiger partial charge >= 0.3 is 0 Å². The van der Waals surface area contributed by atoms with E-state index in [4.69, 9.17) is 0 Å². The molecule has 0 spiro atoms. The average molecular weight is 208 g/mol. The first-order valence-electron chi connectivity index (χ1n) is 5.38. The van der Waals surface area contributed by atoms with Crippen LogP contribution in [0.2, 0.25) is 0 Å². The standard InChI is InChI=1S/C12H17FN2/c1-10-9-14(2)7-8-15(10)12-6-4-3-5-11(12)13/h3-6,10H,7-9H2,1-2H3/t10-/m0/s1. The molecule has 1 heterocycles. The summed E-state index contributed by atoms with van der Waals surface area (Å²) in [4.78, 5) is 4.43. The van der Waals surface area contributed by atoms with Gasteiger partial charge in [0.05, 0.1) is 5.69 Å². The van der Waals surface area contributed by atoms with Gasteiger partial charge in [0.2, 0.25) is 0 Å². The highest BCUT2D eigenvalue weighted by molar-refractivity contribution is 5.49. The predicted molar refractivity (Wildman–Crippen MR) is 60.7 cm³/mol. The molecule has 0 amide bonds. The third-order valence-corrected chi connectivity index (χ3v) is 2.99. The van der Waals surface area contributed by atoms with Crippen molar-refractivity contribution in [3.05, 3.63) is 30.1 Å². The van der Waals surface area contributed by atoms with Crippen LogP contribution in [-0.4, -0.2) is 37.6 Å². The highest BCUT2D eigenvalue weighted by Gasteiger charge is 2.23. The lowest BCUT2D eigenvalue weighted by Gasteiger charge is -2.39. The summed E-state index contributed by atoms with van der Waals surface area (Å²) in [6, 6.07) is 7.39. The number of benzene rings is 1. The van der Waals surface area contributed by atoms with E-state index in [2.05, 4.69) is 23.8 Å². The first kappa shape index (κ1) is 10.4. The zero-order valence-electron chi connectivity index (χ0n) is 9.28. The Morgan fingerprint density at radius 2 is 2.00 bits per heavy atom. The second kappa shape index (κ2) is 4.19. The van der Waals surface area contributed by atoms with Gasteiger partial charge in [-0.05, 0) is 26.1 Å². The van der Waals surface area contributed by atoms with Gasteiger partial charge < -0.3 is 9.80 Å². The molecular weight excluding hydrogens is 191 g/mol. The van der Waals surface area contributed by atoms with Gasteiger partial charge in [-0.15, -0.1) is 0 Å². The molecule has 0 bridgehead atoms. The zero-order chi connectivity index (χ0) is 10.8. The molecular formula is C12H17FN2. The molecule has 0 N–H and O–H groups in total. The number of halogens is 1. The molecule has 1 saturated heterocycles. The Labute approximate surface area is 90.3 Å².